The minimum Gasteiger partial charge on any atom is -0.445 e. The highest BCUT2D eigenvalue weighted by molar-refractivity contribution is 6.05. The van der Waals surface area contributed by atoms with Gasteiger partial charge in [-0.1, -0.05) is 36.4 Å². The number of nitrogens with two attached hydrogens (primary N) is 2. The normalized spacial score (nSPS) is 18.3. The number of primary amides is 1. The van der Waals surface area contributed by atoms with Crippen molar-refractivity contribution in [2.75, 3.05) is 24.1 Å². The van der Waals surface area contributed by atoms with Crippen LogP contribution >= 0.6 is 0 Å². The molecule has 1 aliphatic heterocycles. The van der Waals surface area contributed by atoms with E-state index >= 15 is 4.39 Å². The maximum atomic E-state index is 15.2. The molecular formula is C20H21FN4O4. The first-order chi connectivity index (χ1) is 13.8. The molecule has 2 aromatic rings. The first-order valence-electron chi connectivity index (χ1n) is 8.94. The fourth-order valence-corrected chi connectivity index (χ4v) is 3.05. The van der Waals surface area contributed by atoms with Crippen LogP contribution in [0.25, 0.3) is 0 Å². The molecule has 3 rings (SSSR count). The van der Waals surface area contributed by atoms with Crippen molar-refractivity contribution in [1.82, 2.24) is 4.90 Å². The Morgan fingerprint density at radius 3 is 2.55 bits per heavy atom. The van der Waals surface area contributed by atoms with Crippen molar-refractivity contribution < 1.29 is 23.5 Å². The van der Waals surface area contributed by atoms with Crippen molar-refractivity contribution in [3.63, 3.8) is 0 Å². The zero-order valence-corrected chi connectivity index (χ0v) is 15.6. The van der Waals surface area contributed by atoms with Crippen LogP contribution in [0.1, 0.15) is 22.3 Å². The van der Waals surface area contributed by atoms with Crippen molar-refractivity contribution in [2.45, 2.75) is 18.7 Å². The fourth-order valence-electron chi connectivity index (χ4n) is 3.05. The zero-order valence-electron chi connectivity index (χ0n) is 15.6. The molecule has 0 spiro atoms. The molecule has 0 aromatic heterocycles. The van der Waals surface area contributed by atoms with Gasteiger partial charge in [-0.25, -0.2) is 9.18 Å². The predicted octanol–water partition coefficient (Wildman–Crippen LogP) is 2.06. The lowest BCUT2D eigenvalue weighted by molar-refractivity contribution is -0.126. The van der Waals surface area contributed by atoms with Gasteiger partial charge in [-0.05, 0) is 17.7 Å². The SMILES string of the molecule is NC(=O)c1cccc(NC(=O)C2(F)CCN(C(=O)OCc3ccccc3)C2)c1N. The Morgan fingerprint density at radius 2 is 1.86 bits per heavy atom. The molecule has 29 heavy (non-hydrogen) atoms. The molecule has 1 atom stereocenters. The van der Waals surface area contributed by atoms with E-state index in [1.165, 1.54) is 18.2 Å². The molecule has 8 nitrogen and oxygen atoms in total. The van der Waals surface area contributed by atoms with Gasteiger partial charge < -0.3 is 26.4 Å². The van der Waals surface area contributed by atoms with E-state index in [1.54, 1.807) is 12.1 Å². The van der Waals surface area contributed by atoms with E-state index in [0.717, 1.165) is 10.5 Å². The molecule has 1 unspecified atom stereocenters. The van der Waals surface area contributed by atoms with Crippen LogP contribution in [0.4, 0.5) is 20.6 Å². The molecule has 0 radical (unpaired) electrons. The number of para-hydroxylation sites is 1. The monoisotopic (exact) mass is 400 g/mol. The summed E-state index contributed by atoms with van der Waals surface area (Å²) in [4.78, 5) is 37.2. The van der Waals surface area contributed by atoms with Gasteiger partial charge in [0.2, 0.25) is 5.67 Å². The van der Waals surface area contributed by atoms with Gasteiger partial charge >= 0.3 is 6.09 Å². The fraction of sp³-hybridized carbons (Fsp3) is 0.250. The number of nitrogen functional groups attached to an aromatic ring is 1. The number of halogens is 1. The summed E-state index contributed by atoms with van der Waals surface area (Å²) < 4.78 is 20.3. The number of alkyl halides is 1. The maximum absolute atomic E-state index is 15.2. The van der Waals surface area contributed by atoms with Gasteiger partial charge in [-0.2, -0.15) is 0 Å². The molecule has 152 valence electrons. The second kappa shape index (κ2) is 8.17. The summed E-state index contributed by atoms with van der Waals surface area (Å²) in [6.07, 6.45) is -0.884. The Hall–Kier alpha value is -3.62. The quantitative estimate of drug-likeness (QED) is 0.662. The Labute approximate surface area is 166 Å². The Bertz CT molecular complexity index is 937. The third-order valence-electron chi connectivity index (χ3n) is 4.71. The van der Waals surface area contributed by atoms with E-state index in [4.69, 9.17) is 16.2 Å². The van der Waals surface area contributed by atoms with Gasteiger partial charge in [-0.15, -0.1) is 0 Å². The molecule has 0 aliphatic carbocycles. The standard InChI is InChI=1S/C20H21FN4O4/c21-20(18(27)24-15-8-4-7-14(16(15)22)17(23)26)9-10-25(12-20)19(28)29-11-13-5-2-1-3-6-13/h1-8H,9-12,22H2,(H2,23,26)(H,24,27). The number of rotatable bonds is 5. The maximum Gasteiger partial charge on any atom is 0.410 e. The number of nitrogens with one attached hydrogen (secondary N) is 1. The highest BCUT2D eigenvalue weighted by Crippen LogP contribution is 2.30. The number of amides is 3. The molecule has 2 aromatic carbocycles. The summed E-state index contributed by atoms with van der Waals surface area (Å²) in [7, 11) is 0. The van der Waals surface area contributed by atoms with E-state index in [1.807, 2.05) is 18.2 Å². The number of likely N-dealkylation sites (tertiary alicyclic amines) is 1. The largest absolute Gasteiger partial charge is 0.445 e. The molecule has 9 heteroatoms. The van der Waals surface area contributed by atoms with Crippen LogP contribution < -0.4 is 16.8 Å². The Morgan fingerprint density at radius 1 is 1.14 bits per heavy atom. The summed E-state index contributed by atoms with van der Waals surface area (Å²) in [6.45, 7) is -0.353. The second-order valence-corrected chi connectivity index (χ2v) is 6.76. The van der Waals surface area contributed by atoms with E-state index in [2.05, 4.69) is 5.32 Å². The van der Waals surface area contributed by atoms with Crippen LogP contribution in [0, 0.1) is 0 Å². The number of carbonyl (C=O) groups is 3. The molecule has 1 aliphatic rings. The Kier molecular flexibility index (Phi) is 5.67. The van der Waals surface area contributed by atoms with Crippen LogP contribution in [0.15, 0.2) is 48.5 Å². The van der Waals surface area contributed by atoms with Crippen LogP contribution in [-0.2, 0) is 16.1 Å². The molecule has 3 amide bonds. The zero-order chi connectivity index (χ0) is 21.0. The van der Waals surface area contributed by atoms with Gasteiger partial charge in [0.1, 0.15) is 6.61 Å². The molecule has 0 bridgehead atoms. The average molecular weight is 400 g/mol. The summed E-state index contributed by atoms with van der Waals surface area (Å²) in [5, 5.41) is 2.38. The number of carbonyl (C=O) groups excluding carboxylic acids is 3. The minimum atomic E-state index is -2.30. The van der Waals surface area contributed by atoms with Crippen LogP contribution in [-0.4, -0.2) is 41.6 Å². The van der Waals surface area contributed by atoms with Crippen LogP contribution in [0.5, 0.6) is 0 Å². The summed E-state index contributed by atoms with van der Waals surface area (Å²) >= 11 is 0. The predicted molar refractivity (Wildman–Crippen MR) is 105 cm³/mol. The summed E-state index contributed by atoms with van der Waals surface area (Å²) in [5.74, 6) is -1.72. The molecular weight excluding hydrogens is 379 g/mol. The first kappa shape index (κ1) is 20.1. The van der Waals surface area contributed by atoms with Crippen molar-refractivity contribution in [3.8, 4) is 0 Å². The highest BCUT2D eigenvalue weighted by atomic mass is 19.1. The smallest absolute Gasteiger partial charge is 0.410 e. The topological polar surface area (TPSA) is 128 Å². The number of benzene rings is 2. The summed E-state index contributed by atoms with van der Waals surface area (Å²) in [6, 6.07) is 13.4. The number of hydrogen-bond donors (Lipinski definition) is 3. The molecule has 0 saturated carbocycles. The Balaban J connectivity index is 1.61. The number of ether oxygens (including phenoxy) is 1. The van der Waals surface area contributed by atoms with Crippen LogP contribution in [0.2, 0.25) is 0 Å². The van der Waals surface area contributed by atoms with E-state index in [9.17, 15) is 14.4 Å². The lowest BCUT2D eigenvalue weighted by Crippen LogP contribution is -2.42. The number of anilines is 2. The number of hydrogen-bond acceptors (Lipinski definition) is 5. The average Bonchev–Trinajstić information content (AvgIpc) is 3.12. The molecule has 5 N–H and O–H groups in total. The molecule has 1 fully saturated rings. The van der Waals surface area contributed by atoms with Crippen molar-refractivity contribution in [3.05, 3.63) is 59.7 Å². The van der Waals surface area contributed by atoms with E-state index < -0.39 is 30.1 Å². The lowest BCUT2D eigenvalue weighted by Gasteiger charge is -2.21. The van der Waals surface area contributed by atoms with E-state index in [-0.39, 0.29) is 36.5 Å². The van der Waals surface area contributed by atoms with Gasteiger partial charge in [0.25, 0.3) is 11.8 Å². The van der Waals surface area contributed by atoms with E-state index in [0.29, 0.717) is 0 Å². The van der Waals surface area contributed by atoms with Crippen molar-refractivity contribution >= 4 is 29.3 Å². The second-order valence-electron chi connectivity index (χ2n) is 6.76. The molecule has 1 saturated heterocycles. The summed E-state index contributed by atoms with van der Waals surface area (Å²) in [5.41, 5.74) is 9.59. The van der Waals surface area contributed by atoms with Crippen molar-refractivity contribution in [2.24, 2.45) is 5.73 Å². The number of nitrogens with zero attached hydrogens (tertiary/aromatic N) is 1. The third kappa shape index (κ3) is 4.45. The van der Waals surface area contributed by atoms with Gasteiger partial charge in [0.15, 0.2) is 0 Å². The third-order valence-corrected chi connectivity index (χ3v) is 4.71. The van der Waals surface area contributed by atoms with Crippen LogP contribution in [0.3, 0.4) is 0 Å². The molecule has 1 heterocycles. The van der Waals surface area contributed by atoms with Crippen molar-refractivity contribution in [1.29, 1.82) is 0 Å². The highest BCUT2D eigenvalue weighted by Gasteiger charge is 2.47. The lowest BCUT2D eigenvalue weighted by atomic mass is 10.0. The van der Waals surface area contributed by atoms with Gasteiger partial charge in [0, 0.05) is 13.0 Å². The van der Waals surface area contributed by atoms with Gasteiger partial charge in [-0.3, -0.25) is 9.59 Å². The minimum absolute atomic E-state index is 0.0215. The first-order valence-corrected chi connectivity index (χ1v) is 8.94. The van der Waals surface area contributed by atoms with Gasteiger partial charge in [0.05, 0.1) is 23.5 Å².